The van der Waals surface area contributed by atoms with Crippen LogP contribution in [0.3, 0.4) is 0 Å². The molecule has 18 heavy (non-hydrogen) atoms. The summed E-state index contributed by atoms with van der Waals surface area (Å²) >= 11 is 0. The Labute approximate surface area is 107 Å². The van der Waals surface area contributed by atoms with Gasteiger partial charge in [0, 0.05) is 0 Å². The Morgan fingerprint density at radius 2 is 1.94 bits per heavy atom. The predicted molar refractivity (Wildman–Crippen MR) is 69.7 cm³/mol. The highest BCUT2D eigenvalue weighted by Gasteiger charge is 2.19. The maximum Gasteiger partial charge on any atom is 0.335 e. The topological polar surface area (TPSA) is 71.4 Å². The van der Waals surface area contributed by atoms with Gasteiger partial charge in [-0.3, -0.25) is 0 Å². The molecule has 0 heterocycles. The van der Waals surface area contributed by atoms with Crippen LogP contribution < -0.4 is 0 Å². The quantitative estimate of drug-likeness (QED) is 0.851. The first kappa shape index (κ1) is 14.4. The van der Waals surface area contributed by atoms with Crippen LogP contribution in [0.5, 0.6) is 0 Å². The molecule has 1 aromatic rings. The van der Waals surface area contributed by atoms with Gasteiger partial charge >= 0.3 is 5.97 Å². The zero-order chi connectivity index (χ0) is 13.9. The monoisotopic (exact) mass is 268 g/mol. The second kappa shape index (κ2) is 5.35. The second-order valence-electron chi connectivity index (χ2n) is 4.07. The number of aryl methyl sites for hydroxylation is 1. The van der Waals surface area contributed by atoms with Gasteiger partial charge in [0.05, 0.1) is 16.2 Å². The van der Waals surface area contributed by atoms with E-state index in [2.05, 4.69) is 0 Å². The zero-order valence-electron chi connectivity index (χ0n) is 10.6. The summed E-state index contributed by atoms with van der Waals surface area (Å²) in [5.74, 6) is -1.24. The fourth-order valence-corrected chi connectivity index (χ4v) is 3.15. The van der Waals surface area contributed by atoms with Crippen molar-refractivity contribution in [2.45, 2.75) is 25.7 Å². The molecule has 0 aliphatic rings. The van der Waals surface area contributed by atoms with Crippen molar-refractivity contribution < 1.29 is 18.3 Å². The lowest BCUT2D eigenvalue weighted by molar-refractivity contribution is 0.0696. The standard InChI is InChI=1S/C13H16O4S/c1-4-5-6-18(16,17)12-8-11(13(14)15)7-9(2)10(12)3/h4-5,7-8H,6H2,1-3H3,(H,14,15)/b5-4+. The van der Waals surface area contributed by atoms with Crippen LogP contribution in [0.2, 0.25) is 0 Å². The molecule has 0 amide bonds. The maximum absolute atomic E-state index is 12.1. The first-order valence-corrected chi connectivity index (χ1v) is 7.13. The molecule has 1 aromatic carbocycles. The smallest absolute Gasteiger partial charge is 0.335 e. The van der Waals surface area contributed by atoms with E-state index in [-0.39, 0.29) is 16.2 Å². The number of benzene rings is 1. The summed E-state index contributed by atoms with van der Waals surface area (Å²) in [4.78, 5) is 11.0. The van der Waals surface area contributed by atoms with Crippen LogP contribution >= 0.6 is 0 Å². The third kappa shape index (κ3) is 2.98. The van der Waals surface area contributed by atoms with Crippen molar-refractivity contribution in [2.75, 3.05) is 5.75 Å². The van der Waals surface area contributed by atoms with Crippen molar-refractivity contribution >= 4 is 15.8 Å². The molecule has 0 atom stereocenters. The van der Waals surface area contributed by atoms with Gasteiger partial charge < -0.3 is 5.11 Å². The maximum atomic E-state index is 12.1. The molecule has 0 bridgehead atoms. The summed E-state index contributed by atoms with van der Waals surface area (Å²) in [7, 11) is -3.48. The summed E-state index contributed by atoms with van der Waals surface area (Å²) < 4.78 is 24.2. The number of rotatable bonds is 4. The van der Waals surface area contributed by atoms with Gasteiger partial charge in [0.25, 0.3) is 0 Å². The first-order valence-electron chi connectivity index (χ1n) is 5.48. The van der Waals surface area contributed by atoms with Crippen LogP contribution in [0, 0.1) is 13.8 Å². The van der Waals surface area contributed by atoms with Gasteiger partial charge in [-0.1, -0.05) is 12.2 Å². The van der Waals surface area contributed by atoms with Crippen molar-refractivity contribution in [3.63, 3.8) is 0 Å². The number of hydrogen-bond donors (Lipinski definition) is 1. The van der Waals surface area contributed by atoms with Crippen molar-refractivity contribution in [1.29, 1.82) is 0 Å². The van der Waals surface area contributed by atoms with Gasteiger partial charge in [-0.25, -0.2) is 13.2 Å². The van der Waals surface area contributed by atoms with Crippen LogP contribution in [-0.4, -0.2) is 25.2 Å². The van der Waals surface area contributed by atoms with E-state index in [1.54, 1.807) is 26.8 Å². The lowest BCUT2D eigenvalue weighted by Crippen LogP contribution is -2.10. The second-order valence-corrected chi connectivity index (χ2v) is 6.07. The highest BCUT2D eigenvalue weighted by Crippen LogP contribution is 2.22. The molecular formula is C13H16O4S. The van der Waals surface area contributed by atoms with Gasteiger partial charge in [-0.15, -0.1) is 0 Å². The average Bonchev–Trinajstić information content (AvgIpc) is 2.29. The van der Waals surface area contributed by atoms with Crippen molar-refractivity contribution in [1.82, 2.24) is 0 Å². The van der Waals surface area contributed by atoms with Crippen molar-refractivity contribution in [3.8, 4) is 0 Å². The number of carbonyl (C=O) groups is 1. The fraction of sp³-hybridized carbons (Fsp3) is 0.308. The molecule has 0 aromatic heterocycles. The van der Waals surface area contributed by atoms with Crippen LogP contribution in [0.4, 0.5) is 0 Å². The molecule has 4 nitrogen and oxygen atoms in total. The van der Waals surface area contributed by atoms with Crippen molar-refractivity contribution in [2.24, 2.45) is 0 Å². The Kier molecular flexibility index (Phi) is 4.29. The normalized spacial score (nSPS) is 11.9. The van der Waals surface area contributed by atoms with E-state index in [1.165, 1.54) is 18.2 Å². The van der Waals surface area contributed by atoms with Gasteiger partial charge in [-0.05, 0) is 44.0 Å². The Balaban J connectivity index is 3.44. The number of sulfone groups is 1. The number of allylic oxidation sites excluding steroid dienone is 1. The molecule has 0 saturated heterocycles. The molecule has 0 unspecified atom stereocenters. The molecule has 0 aliphatic carbocycles. The van der Waals surface area contributed by atoms with Crippen LogP contribution in [0.1, 0.15) is 28.4 Å². The largest absolute Gasteiger partial charge is 0.478 e. The number of hydrogen-bond acceptors (Lipinski definition) is 3. The van der Waals surface area contributed by atoms with Crippen LogP contribution in [0.15, 0.2) is 29.2 Å². The first-order chi connectivity index (χ1) is 8.29. The SMILES string of the molecule is C/C=C/CS(=O)(=O)c1cc(C(=O)O)cc(C)c1C. The summed E-state index contributed by atoms with van der Waals surface area (Å²) in [6, 6.07) is 2.70. The highest BCUT2D eigenvalue weighted by atomic mass is 32.2. The third-order valence-electron chi connectivity index (χ3n) is 2.75. The molecule has 0 spiro atoms. The molecular weight excluding hydrogens is 252 g/mol. The minimum atomic E-state index is -3.48. The van der Waals surface area contributed by atoms with E-state index < -0.39 is 15.8 Å². The van der Waals surface area contributed by atoms with E-state index >= 15 is 0 Å². The number of carboxylic acids is 1. The van der Waals surface area contributed by atoms with E-state index in [0.717, 1.165) is 0 Å². The minimum Gasteiger partial charge on any atom is -0.478 e. The third-order valence-corrected chi connectivity index (χ3v) is 4.48. The van der Waals surface area contributed by atoms with Crippen LogP contribution in [-0.2, 0) is 9.84 Å². The summed E-state index contributed by atoms with van der Waals surface area (Å²) in [6.45, 7) is 5.13. The Morgan fingerprint density at radius 1 is 1.33 bits per heavy atom. The fourth-order valence-electron chi connectivity index (χ4n) is 1.59. The van der Waals surface area contributed by atoms with Crippen LogP contribution in [0.25, 0.3) is 0 Å². The number of carboxylic acid groups (broad SMARTS) is 1. The number of aromatic carboxylic acids is 1. The molecule has 0 fully saturated rings. The summed E-state index contributed by atoms with van der Waals surface area (Å²) in [5, 5.41) is 8.96. The molecule has 0 aliphatic heterocycles. The van der Waals surface area contributed by atoms with E-state index in [0.29, 0.717) is 11.1 Å². The lowest BCUT2D eigenvalue weighted by atomic mass is 10.1. The molecule has 0 radical (unpaired) electrons. The molecule has 1 rings (SSSR count). The summed E-state index contributed by atoms with van der Waals surface area (Å²) in [5.41, 5.74) is 1.26. The Hall–Kier alpha value is -1.62. The molecule has 5 heteroatoms. The Morgan fingerprint density at radius 3 is 2.44 bits per heavy atom. The van der Waals surface area contributed by atoms with E-state index in [9.17, 15) is 13.2 Å². The zero-order valence-corrected chi connectivity index (χ0v) is 11.4. The van der Waals surface area contributed by atoms with Gasteiger partial charge in [0.1, 0.15) is 0 Å². The van der Waals surface area contributed by atoms with E-state index in [1.807, 2.05) is 0 Å². The van der Waals surface area contributed by atoms with Crippen molar-refractivity contribution in [3.05, 3.63) is 41.0 Å². The van der Waals surface area contributed by atoms with Gasteiger partial charge in [0.15, 0.2) is 9.84 Å². The highest BCUT2D eigenvalue weighted by molar-refractivity contribution is 7.91. The lowest BCUT2D eigenvalue weighted by Gasteiger charge is -2.10. The predicted octanol–water partition coefficient (Wildman–Crippen LogP) is 2.35. The average molecular weight is 268 g/mol. The summed E-state index contributed by atoms with van der Waals surface area (Å²) in [6.07, 6.45) is 3.19. The molecule has 0 saturated carbocycles. The van der Waals surface area contributed by atoms with E-state index in [4.69, 9.17) is 5.11 Å². The van der Waals surface area contributed by atoms with Gasteiger partial charge in [-0.2, -0.15) is 0 Å². The minimum absolute atomic E-state index is 0.00264. The Bertz CT molecular complexity index is 598. The molecule has 1 N–H and O–H groups in total. The van der Waals surface area contributed by atoms with Gasteiger partial charge in [0.2, 0.25) is 0 Å². The molecule has 98 valence electrons.